The van der Waals surface area contributed by atoms with Crippen LogP contribution in [0, 0.1) is 13.8 Å². The number of aromatic nitrogens is 2. The molecule has 0 unspecified atom stereocenters. The van der Waals surface area contributed by atoms with E-state index >= 15 is 0 Å². The van der Waals surface area contributed by atoms with Crippen molar-refractivity contribution in [2.75, 3.05) is 0 Å². The van der Waals surface area contributed by atoms with Crippen molar-refractivity contribution < 1.29 is 9.90 Å². The first kappa shape index (κ1) is 13.8. The highest BCUT2D eigenvalue weighted by Gasteiger charge is 2.12. The van der Waals surface area contributed by atoms with Crippen molar-refractivity contribution in [2.45, 2.75) is 13.8 Å². The number of carbonyl (C=O) groups is 1. The quantitative estimate of drug-likeness (QED) is 0.761. The number of hydrogen-bond donors (Lipinski definition) is 1. The van der Waals surface area contributed by atoms with Gasteiger partial charge in [-0.1, -0.05) is 15.9 Å². The Hall–Kier alpha value is -2.14. The molecule has 0 fully saturated rings. The molecule has 106 valence electrons. The van der Waals surface area contributed by atoms with Gasteiger partial charge in [-0.25, -0.2) is 9.78 Å². The Morgan fingerprint density at radius 2 is 1.95 bits per heavy atom. The largest absolute Gasteiger partial charge is 0.478 e. The third kappa shape index (κ3) is 2.45. The van der Waals surface area contributed by atoms with Crippen molar-refractivity contribution >= 4 is 32.9 Å². The van der Waals surface area contributed by atoms with E-state index < -0.39 is 5.97 Å². The molecule has 1 heterocycles. The van der Waals surface area contributed by atoms with Crippen LogP contribution < -0.4 is 0 Å². The second-order valence-electron chi connectivity index (χ2n) is 4.99. The number of hydrogen-bond acceptors (Lipinski definition) is 2. The van der Waals surface area contributed by atoms with Gasteiger partial charge in [0.05, 0.1) is 16.6 Å². The second-order valence-corrected chi connectivity index (χ2v) is 5.91. The molecule has 0 aliphatic heterocycles. The minimum Gasteiger partial charge on any atom is -0.478 e. The summed E-state index contributed by atoms with van der Waals surface area (Å²) in [5, 5.41) is 9.07. The van der Waals surface area contributed by atoms with Gasteiger partial charge in [-0.05, 0) is 55.8 Å². The number of fused-ring (bicyclic) bond motifs is 1. The molecule has 21 heavy (non-hydrogen) atoms. The van der Waals surface area contributed by atoms with Crippen LogP contribution in [0.4, 0.5) is 0 Å². The fourth-order valence-corrected chi connectivity index (χ4v) is 3.10. The van der Waals surface area contributed by atoms with Crippen molar-refractivity contribution in [1.29, 1.82) is 0 Å². The number of halogens is 1. The van der Waals surface area contributed by atoms with Crippen molar-refractivity contribution in [2.24, 2.45) is 0 Å². The molecule has 4 nitrogen and oxygen atoms in total. The summed E-state index contributed by atoms with van der Waals surface area (Å²) in [5.41, 5.74) is 3.98. The normalized spacial score (nSPS) is 11.0. The Kier molecular flexibility index (Phi) is 3.29. The number of carboxylic acid groups (broad SMARTS) is 1. The third-order valence-corrected chi connectivity index (χ3v) is 3.81. The maximum absolute atomic E-state index is 11.1. The molecule has 0 saturated heterocycles. The summed E-state index contributed by atoms with van der Waals surface area (Å²) in [4.78, 5) is 15.5. The average Bonchev–Trinajstić information content (AvgIpc) is 2.72. The Morgan fingerprint density at radius 3 is 2.62 bits per heavy atom. The number of rotatable bonds is 2. The molecule has 1 aromatic heterocycles. The standard InChI is InChI=1S/C16H13BrN2O2/c1-9-5-12(17)8-13(6-9)19-10(2)18-14-7-11(16(20)21)3-4-15(14)19/h3-8H,1-2H3,(H,20,21). The van der Waals surface area contributed by atoms with Crippen molar-refractivity contribution in [1.82, 2.24) is 9.55 Å². The topological polar surface area (TPSA) is 55.1 Å². The zero-order chi connectivity index (χ0) is 15.1. The molecule has 0 bridgehead atoms. The first-order chi connectivity index (χ1) is 9.95. The number of aryl methyl sites for hydroxylation is 2. The Morgan fingerprint density at radius 1 is 1.19 bits per heavy atom. The predicted molar refractivity (Wildman–Crippen MR) is 85.2 cm³/mol. The molecule has 0 aliphatic carbocycles. The van der Waals surface area contributed by atoms with Crippen LogP contribution in [0.15, 0.2) is 40.9 Å². The lowest BCUT2D eigenvalue weighted by Crippen LogP contribution is -1.98. The van der Waals surface area contributed by atoms with E-state index in [0.29, 0.717) is 5.52 Å². The van der Waals surface area contributed by atoms with Gasteiger partial charge in [-0.15, -0.1) is 0 Å². The molecule has 0 amide bonds. The van der Waals surface area contributed by atoms with E-state index in [1.165, 1.54) is 0 Å². The van der Waals surface area contributed by atoms with Crippen LogP contribution >= 0.6 is 15.9 Å². The van der Waals surface area contributed by atoms with E-state index in [1.807, 2.05) is 30.5 Å². The number of nitrogens with zero attached hydrogens (tertiary/aromatic N) is 2. The summed E-state index contributed by atoms with van der Waals surface area (Å²) in [6.45, 7) is 3.95. The molecule has 0 saturated carbocycles. The lowest BCUT2D eigenvalue weighted by Gasteiger charge is -2.09. The van der Waals surface area contributed by atoms with Gasteiger partial charge in [0.15, 0.2) is 0 Å². The number of benzene rings is 2. The summed E-state index contributed by atoms with van der Waals surface area (Å²) in [5.74, 6) is -0.118. The highest BCUT2D eigenvalue weighted by Crippen LogP contribution is 2.25. The van der Waals surface area contributed by atoms with E-state index in [0.717, 1.165) is 27.1 Å². The zero-order valence-corrected chi connectivity index (χ0v) is 13.2. The molecule has 1 N–H and O–H groups in total. The summed E-state index contributed by atoms with van der Waals surface area (Å²) in [6.07, 6.45) is 0. The van der Waals surface area contributed by atoms with E-state index in [4.69, 9.17) is 5.11 Å². The monoisotopic (exact) mass is 344 g/mol. The van der Waals surface area contributed by atoms with Gasteiger partial charge >= 0.3 is 5.97 Å². The predicted octanol–water partition coefficient (Wildman–Crippen LogP) is 4.10. The van der Waals surface area contributed by atoms with Gasteiger partial charge in [0.25, 0.3) is 0 Å². The Balaban J connectivity index is 2.27. The van der Waals surface area contributed by atoms with E-state index in [2.05, 4.69) is 27.0 Å². The highest BCUT2D eigenvalue weighted by atomic mass is 79.9. The third-order valence-electron chi connectivity index (χ3n) is 3.35. The molecule has 5 heteroatoms. The molecule has 0 spiro atoms. The maximum atomic E-state index is 11.1. The fourth-order valence-electron chi connectivity index (χ4n) is 2.51. The lowest BCUT2D eigenvalue weighted by atomic mass is 10.2. The summed E-state index contributed by atoms with van der Waals surface area (Å²) in [7, 11) is 0. The average molecular weight is 345 g/mol. The number of imidazole rings is 1. The summed E-state index contributed by atoms with van der Waals surface area (Å²) < 4.78 is 3.03. The van der Waals surface area contributed by atoms with Gasteiger partial charge in [0.1, 0.15) is 5.82 Å². The minimum absolute atomic E-state index is 0.248. The van der Waals surface area contributed by atoms with Crippen LogP contribution in [0.25, 0.3) is 16.7 Å². The number of aromatic carboxylic acids is 1. The molecular weight excluding hydrogens is 332 g/mol. The Labute approximate surface area is 130 Å². The second kappa shape index (κ2) is 5.00. The molecule has 0 atom stereocenters. The molecular formula is C16H13BrN2O2. The zero-order valence-electron chi connectivity index (χ0n) is 11.6. The first-order valence-electron chi connectivity index (χ1n) is 6.45. The van der Waals surface area contributed by atoms with Crippen LogP contribution in [0.5, 0.6) is 0 Å². The molecule has 3 aromatic rings. The van der Waals surface area contributed by atoms with Crippen LogP contribution in [0.3, 0.4) is 0 Å². The summed E-state index contributed by atoms with van der Waals surface area (Å²) >= 11 is 3.51. The van der Waals surface area contributed by atoms with Crippen LogP contribution in [-0.2, 0) is 0 Å². The van der Waals surface area contributed by atoms with E-state index in [9.17, 15) is 4.79 Å². The molecule has 0 aliphatic rings. The SMILES string of the molecule is Cc1cc(Br)cc(-n2c(C)nc3cc(C(=O)O)ccc32)c1. The fraction of sp³-hybridized carbons (Fsp3) is 0.125. The lowest BCUT2D eigenvalue weighted by molar-refractivity contribution is 0.0697. The summed E-state index contributed by atoms with van der Waals surface area (Å²) in [6, 6.07) is 11.1. The van der Waals surface area contributed by atoms with Crippen molar-refractivity contribution in [3.63, 3.8) is 0 Å². The molecule has 2 aromatic carbocycles. The first-order valence-corrected chi connectivity index (χ1v) is 7.25. The van der Waals surface area contributed by atoms with Gasteiger partial charge in [-0.2, -0.15) is 0 Å². The highest BCUT2D eigenvalue weighted by molar-refractivity contribution is 9.10. The Bertz CT molecular complexity index is 848. The number of carboxylic acids is 1. The van der Waals surface area contributed by atoms with Crippen LogP contribution in [0.1, 0.15) is 21.7 Å². The van der Waals surface area contributed by atoms with Crippen molar-refractivity contribution in [3.05, 3.63) is 57.8 Å². The van der Waals surface area contributed by atoms with E-state index in [-0.39, 0.29) is 5.56 Å². The van der Waals surface area contributed by atoms with Gasteiger partial charge in [-0.3, -0.25) is 4.57 Å². The van der Waals surface area contributed by atoms with Gasteiger partial charge in [0, 0.05) is 10.2 Å². The molecule has 3 rings (SSSR count). The smallest absolute Gasteiger partial charge is 0.335 e. The van der Waals surface area contributed by atoms with Gasteiger partial charge in [0.2, 0.25) is 0 Å². The molecule has 0 radical (unpaired) electrons. The van der Waals surface area contributed by atoms with Gasteiger partial charge < -0.3 is 5.11 Å². The van der Waals surface area contributed by atoms with E-state index in [1.54, 1.807) is 18.2 Å². The maximum Gasteiger partial charge on any atom is 0.335 e. The van der Waals surface area contributed by atoms with Crippen LogP contribution in [-0.4, -0.2) is 20.6 Å². The van der Waals surface area contributed by atoms with Crippen molar-refractivity contribution in [3.8, 4) is 5.69 Å². The van der Waals surface area contributed by atoms with Crippen LogP contribution in [0.2, 0.25) is 0 Å². The minimum atomic E-state index is -0.942.